The molecule has 0 bridgehead atoms. The van der Waals surface area contributed by atoms with Crippen molar-refractivity contribution in [3.8, 4) is 12.0 Å². The van der Waals surface area contributed by atoms with Crippen LogP contribution in [0.5, 0.6) is 6.01 Å². The third kappa shape index (κ3) is 2.55. The molecule has 2 aromatic heterocycles. The van der Waals surface area contributed by atoms with E-state index in [0.717, 1.165) is 12.2 Å². The summed E-state index contributed by atoms with van der Waals surface area (Å²) >= 11 is 0. The largest absolute Gasteiger partial charge is 0.461 e. The van der Waals surface area contributed by atoms with Crippen LogP contribution in [-0.4, -0.2) is 30.6 Å². The van der Waals surface area contributed by atoms with E-state index in [2.05, 4.69) is 19.9 Å². The number of aryl methyl sites for hydroxylation is 1. The molecule has 0 saturated heterocycles. The molecule has 0 atom stereocenters. The first-order chi connectivity index (χ1) is 8.60. The number of nitrogen functional groups attached to an aromatic ring is 1. The van der Waals surface area contributed by atoms with Crippen LogP contribution in [0.2, 0.25) is 0 Å². The van der Waals surface area contributed by atoms with Gasteiger partial charge in [0.1, 0.15) is 5.82 Å². The maximum Gasteiger partial charge on any atom is 0.323 e. The minimum Gasteiger partial charge on any atom is -0.461 e. The zero-order valence-electron chi connectivity index (χ0n) is 10.7. The highest BCUT2D eigenvalue weighted by Gasteiger charge is 2.11. The molecule has 0 saturated carbocycles. The average Bonchev–Trinajstić information content (AvgIpc) is 2.75. The molecule has 0 radical (unpaired) electrons. The minimum absolute atomic E-state index is 0.0203. The van der Waals surface area contributed by atoms with Crippen molar-refractivity contribution in [1.29, 1.82) is 0 Å². The molecule has 0 spiro atoms. The molecule has 0 unspecified atom stereocenters. The SMILES string of the molecule is CCc1nccn1-c1nc(N)nc(OC(C)C)n1. The molecule has 0 fully saturated rings. The molecule has 0 aliphatic carbocycles. The molecular formula is C11H16N6O. The standard InChI is InChI=1S/C11H16N6O/c1-4-8-13-5-6-17(8)10-14-9(12)15-11(16-10)18-7(2)3/h5-7H,4H2,1-3H3,(H2,12,14,15,16). The number of imidazole rings is 1. The molecule has 0 aliphatic rings. The van der Waals surface area contributed by atoms with Crippen molar-refractivity contribution in [1.82, 2.24) is 24.5 Å². The summed E-state index contributed by atoms with van der Waals surface area (Å²) in [6, 6.07) is 0.225. The maximum absolute atomic E-state index is 5.66. The summed E-state index contributed by atoms with van der Waals surface area (Å²) < 4.78 is 7.20. The molecule has 2 aromatic rings. The summed E-state index contributed by atoms with van der Waals surface area (Å²) in [7, 11) is 0. The number of rotatable bonds is 4. The number of aromatic nitrogens is 5. The molecule has 7 nitrogen and oxygen atoms in total. The van der Waals surface area contributed by atoms with Crippen molar-refractivity contribution < 1.29 is 4.74 Å². The van der Waals surface area contributed by atoms with Crippen LogP contribution >= 0.6 is 0 Å². The van der Waals surface area contributed by atoms with E-state index in [1.807, 2.05) is 20.8 Å². The van der Waals surface area contributed by atoms with Gasteiger partial charge in [-0.25, -0.2) is 4.98 Å². The van der Waals surface area contributed by atoms with E-state index in [1.54, 1.807) is 17.0 Å². The highest BCUT2D eigenvalue weighted by Crippen LogP contribution is 2.12. The second-order valence-corrected chi connectivity index (χ2v) is 4.01. The van der Waals surface area contributed by atoms with Gasteiger partial charge in [-0.15, -0.1) is 0 Å². The Morgan fingerprint density at radius 2 is 2.11 bits per heavy atom. The number of ether oxygens (including phenoxy) is 1. The molecule has 96 valence electrons. The Bertz CT molecular complexity index is 536. The summed E-state index contributed by atoms with van der Waals surface area (Å²) in [5.74, 6) is 1.41. The molecule has 7 heteroatoms. The van der Waals surface area contributed by atoms with Crippen LogP contribution in [0.15, 0.2) is 12.4 Å². The first kappa shape index (κ1) is 12.3. The van der Waals surface area contributed by atoms with Gasteiger partial charge >= 0.3 is 6.01 Å². The van der Waals surface area contributed by atoms with E-state index in [-0.39, 0.29) is 18.1 Å². The zero-order valence-corrected chi connectivity index (χ0v) is 10.7. The van der Waals surface area contributed by atoms with Crippen LogP contribution in [0, 0.1) is 0 Å². The van der Waals surface area contributed by atoms with Crippen molar-refractivity contribution in [2.24, 2.45) is 0 Å². The molecule has 0 aliphatic heterocycles. The normalized spacial score (nSPS) is 10.9. The topological polar surface area (TPSA) is 91.7 Å². The van der Waals surface area contributed by atoms with Crippen molar-refractivity contribution >= 4 is 5.95 Å². The highest BCUT2D eigenvalue weighted by molar-refractivity contribution is 5.26. The molecule has 18 heavy (non-hydrogen) atoms. The fourth-order valence-electron chi connectivity index (χ4n) is 1.51. The van der Waals surface area contributed by atoms with Crippen molar-refractivity contribution in [2.45, 2.75) is 33.3 Å². The average molecular weight is 248 g/mol. The van der Waals surface area contributed by atoms with Crippen LogP contribution in [0.4, 0.5) is 5.95 Å². The van der Waals surface area contributed by atoms with E-state index in [9.17, 15) is 0 Å². The van der Waals surface area contributed by atoms with Crippen LogP contribution in [0.1, 0.15) is 26.6 Å². The Labute approximate surface area is 105 Å². The Kier molecular flexibility index (Phi) is 3.40. The van der Waals surface area contributed by atoms with Crippen molar-refractivity contribution in [3.05, 3.63) is 18.2 Å². The lowest BCUT2D eigenvalue weighted by Crippen LogP contribution is -2.13. The van der Waals surface area contributed by atoms with Crippen LogP contribution in [0.3, 0.4) is 0 Å². The molecule has 2 rings (SSSR count). The van der Waals surface area contributed by atoms with Crippen molar-refractivity contribution in [3.63, 3.8) is 0 Å². The molecular weight excluding hydrogens is 232 g/mol. The second kappa shape index (κ2) is 4.99. The van der Waals surface area contributed by atoms with Gasteiger partial charge in [0.25, 0.3) is 0 Å². The predicted molar refractivity (Wildman–Crippen MR) is 66.5 cm³/mol. The Balaban J connectivity index is 2.42. The van der Waals surface area contributed by atoms with Gasteiger partial charge in [-0.05, 0) is 13.8 Å². The van der Waals surface area contributed by atoms with Gasteiger partial charge < -0.3 is 10.5 Å². The number of anilines is 1. The van der Waals surface area contributed by atoms with Gasteiger partial charge in [0, 0.05) is 18.8 Å². The predicted octanol–water partition coefficient (Wildman–Crippen LogP) is 0.989. The van der Waals surface area contributed by atoms with Gasteiger partial charge in [0.2, 0.25) is 11.9 Å². The number of nitrogens with two attached hydrogens (primary N) is 1. The Morgan fingerprint density at radius 3 is 2.78 bits per heavy atom. The Hall–Kier alpha value is -2.18. The van der Waals surface area contributed by atoms with Crippen LogP contribution in [-0.2, 0) is 6.42 Å². The summed E-state index contributed by atoms with van der Waals surface area (Å²) in [6.07, 6.45) is 4.24. The molecule has 2 N–H and O–H groups in total. The number of hydrogen-bond acceptors (Lipinski definition) is 6. The van der Waals surface area contributed by atoms with Gasteiger partial charge in [-0.2, -0.15) is 15.0 Å². The maximum atomic E-state index is 5.66. The van der Waals surface area contributed by atoms with Gasteiger partial charge in [-0.3, -0.25) is 4.57 Å². The van der Waals surface area contributed by atoms with Gasteiger partial charge in [0.15, 0.2) is 0 Å². The fraction of sp³-hybridized carbons (Fsp3) is 0.455. The summed E-state index contributed by atoms with van der Waals surface area (Å²) in [6.45, 7) is 5.80. The smallest absolute Gasteiger partial charge is 0.323 e. The van der Waals surface area contributed by atoms with Crippen molar-refractivity contribution in [2.75, 3.05) is 5.73 Å². The summed E-state index contributed by atoms with van der Waals surface area (Å²) in [5.41, 5.74) is 5.66. The van der Waals surface area contributed by atoms with E-state index < -0.39 is 0 Å². The minimum atomic E-state index is -0.0203. The van der Waals surface area contributed by atoms with E-state index in [0.29, 0.717) is 5.95 Å². The second-order valence-electron chi connectivity index (χ2n) is 4.01. The van der Waals surface area contributed by atoms with E-state index in [1.165, 1.54) is 0 Å². The third-order valence-electron chi connectivity index (χ3n) is 2.21. The third-order valence-corrected chi connectivity index (χ3v) is 2.21. The molecule has 0 aromatic carbocycles. The monoisotopic (exact) mass is 248 g/mol. The highest BCUT2D eigenvalue weighted by atomic mass is 16.5. The van der Waals surface area contributed by atoms with E-state index >= 15 is 0 Å². The van der Waals surface area contributed by atoms with Crippen LogP contribution in [0.25, 0.3) is 5.95 Å². The zero-order chi connectivity index (χ0) is 13.1. The number of hydrogen-bond donors (Lipinski definition) is 1. The summed E-state index contributed by atoms with van der Waals surface area (Å²) in [4.78, 5) is 16.5. The summed E-state index contributed by atoms with van der Waals surface area (Å²) in [5, 5.41) is 0. The quantitative estimate of drug-likeness (QED) is 0.867. The van der Waals surface area contributed by atoms with Gasteiger partial charge in [-0.1, -0.05) is 6.92 Å². The van der Waals surface area contributed by atoms with E-state index in [4.69, 9.17) is 10.5 Å². The van der Waals surface area contributed by atoms with Gasteiger partial charge in [0.05, 0.1) is 6.10 Å². The molecule has 2 heterocycles. The fourth-order valence-corrected chi connectivity index (χ4v) is 1.51. The Morgan fingerprint density at radius 1 is 1.33 bits per heavy atom. The number of nitrogens with zero attached hydrogens (tertiary/aromatic N) is 5. The first-order valence-electron chi connectivity index (χ1n) is 5.81. The first-order valence-corrected chi connectivity index (χ1v) is 5.81. The molecule has 0 amide bonds. The lowest BCUT2D eigenvalue weighted by atomic mass is 10.4. The van der Waals surface area contributed by atoms with Crippen LogP contribution < -0.4 is 10.5 Å². The lowest BCUT2D eigenvalue weighted by molar-refractivity contribution is 0.221. The lowest BCUT2D eigenvalue weighted by Gasteiger charge is -2.10.